The van der Waals surface area contributed by atoms with E-state index in [1.165, 1.54) is 77.2 Å². The van der Waals surface area contributed by atoms with Crippen LogP contribution in [0.4, 0.5) is 0 Å². The van der Waals surface area contributed by atoms with Crippen LogP contribution in [0.5, 0.6) is 0 Å². The predicted molar refractivity (Wildman–Crippen MR) is 147 cm³/mol. The molecule has 0 N–H and O–H groups in total. The van der Waals surface area contributed by atoms with Crippen LogP contribution in [-0.2, 0) is 0 Å². The molecule has 0 saturated heterocycles. The number of hydrogen-bond donors (Lipinski definition) is 0. The van der Waals surface area contributed by atoms with Crippen LogP contribution in [0.3, 0.4) is 0 Å². The van der Waals surface area contributed by atoms with Gasteiger partial charge in [0.05, 0.1) is 0 Å². The summed E-state index contributed by atoms with van der Waals surface area (Å²) in [6.07, 6.45) is 18.7. The number of fused-ring (bicyclic) bond motifs is 4. The van der Waals surface area contributed by atoms with Crippen LogP contribution in [0, 0.1) is 49.7 Å². The van der Waals surface area contributed by atoms with Crippen molar-refractivity contribution in [3.8, 4) is 0 Å². The largest absolute Gasteiger partial charge is 0.309 e. The van der Waals surface area contributed by atoms with Crippen LogP contribution in [0.25, 0.3) is 0 Å². The Hall–Kier alpha value is -0.300. The maximum absolute atomic E-state index is 2.90. The van der Waals surface area contributed by atoms with E-state index in [9.17, 15) is 0 Å². The summed E-state index contributed by atoms with van der Waals surface area (Å²) in [5.41, 5.74) is 5.50. The summed E-state index contributed by atoms with van der Waals surface area (Å²) in [4.78, 5) is 2.44. The molecule has 0 aromatic carbocycles. The predicted octanol–water partition coefficient (Wildman–Crippen LogP) is 9.13. The topological polar surface area (TPSA) is 3.24 Å². The molecule has 6 unspecified atom stereocenters. The lowest BCUT2D eigenvalue weighted by molar-refractivity contribution is -0.0913. The Balaban J connectivity index is 1.56. The molecule has 0 aliphatic heterocycles. The lowest BCUT2D eigenvalue weighted by Crippen LogP contribution is -2.57. The molecule has 5 aliphatic carbocycles. The summed E-state index contributed by atoms with van der Waals surface area (Å²) in [5.74, 6) is 1.64. The normalized spacial score (nSPS) is 50.9. The van der Waals surface area contributed by atoms with E-state index in [4.69, 9.17) is 0 Å². The van der Waals surface area contributed by atoms with Crippen molar-refractivity contribution < 1.29 is 0 Å². The third kappa shape index (κ3) is 2.83. The van der Waals surface area contributed by atoms with Crippen molar-refractivity contribution in [1.82, 2.24) is 4.90 Å². The van der Waals surface area contributed by atoms with Crippen molar-refractivity contribution in [2.75, 3.05) is 20.6 Å². The Labute approximate surface area is 212 Å². The highest BCUT2D eigenvalue weighted by molar-refractivity contribution is 5.45. The molecule has 4 saturated carbocycles. The first kappa shape index (κ1) is 25.4. The first-order valence-corrected chi connectivity index (χ1v) is 15.0. The van der Waals surface area contributed by atoms with Gasteiger partial charge in [0.25, 0.3) is 0 Å². The van der Waals surface area contributed by atoms with E-state index in [-0.39, 0.29) is 0 Å². The van der Waals surface area contributed by atoms with Gasteiger partial charge in [0.15, 0.2) is 0 Å². The molecule has 0 heterocycles. The second-order valence-corrected chi connectivity index (χ2v) is 16.4. The maximum atomic E-state index is 2.90. The molecule has 1 spiro atoms. The summed E-state index contributed by atoms with van der Waals surface area (Å²) in [6.45, 7) is 22.3. The molecule has 4 fully saturated rings. The fraction of sp³-hybridized carbons (Fsp3) is 0.939. The van der Waals surface area contributed by atoms with Crippen molar-refractivity contribution in [2.45, 2.75) is 126 Å². The van der Waals surface area contributed by atoms with Gasteiger partial charge in [-0.15, -0.1) is 0 Å². The monoisotopic (exact) mass is 467 g/mol. The van der Waals surface area contributed by atoms with Crippen molar-refractivity contribution >= 4 is 0 Å². The summed E-state index contributed by atoms with van der Waals surface area (Å²) in [7, 11) is 4.56. The molecule has 5 aliphatic rings. The summed E-state index contributed by atoms with van der Waals surface area (Å²) in [5, 5.41) is 0. The molecule has 0 amide bonds. The smallest absolute Gasteiger partial charge is 0.00193 e. The number of nitrogens with zero attached hydrogens (tertiary/aromatic N) is 1. The average molecular weight is 468 g/mol. The molecular weight excluding hydrogens is 410 g/mol. The highest BCUT2D eigenvalue weighted by Crippen LogP contribution is 2.97. The first-order valence-electron chi connectivity index (χ1n) is 15.0. The Morgan fingerprint density at radius 2 is 1.50 bits per heavy atom. The van der Waals surface area contributed by atoms with Gasteiger partial charge < -0.3 is 4.90 Å². The van der Waals surface area contributed by atoms with E-state index in [1.807, 2.05) is 5.57 Å². The molecule has 0 aromatic rings. The Morgan fingerprint density at radius 1 is 0.853 bits per heavy atom. The summed E-state index contributed by atoms with van der Waals surface area (Å²) < 4.78 is 0. The molecule has 34 heavy (non-hydrogen) atoms. The van der Waals surface area contributed by atoms with Gasteiger partial charge in [0, 0.05) is 0 Å². The van der Waals surface area contributed by atoms with Crippen molar-refractivity contribution in [2.24, 2.45) is 49.7 Å². The molecule has 0 radical (unpaired) electrons. The Bertz CT molecular complexity index is 862. The van der Waals surface area contributed by atoms with Gasteiger partial charge in [-0.2, -0.15) is 0 Å². The Morgan fingerprint density at radius 3 is 2.15 bits per heavy atom. The fourth-order valence-electron chi connectivity index (χ4n) is 11.6. The van der Waals surface area contributed by atoms with E-state index < -0.39 is 0 Å². The quantitative estimate of drug-likeness (QED) is 0.352. The SMILES string of the molecule is CC(C)CCC1(C)C2(C)CCC3(C)C12CC=C1C2CC(C)(C)CCC2(CCN(C)C)CC[C@]13C. The van der Waals surface area contributed by atoms with Gasteiger partial charge in [0.1, 0.15) is 0 Å². The fourth-order valence-corrected chi connectivity index (χ4v) is 11.6. The molecule has 194 valence electrons. The van der Waals surface area contributed by atoms with Crippen LogP contribution in [0.15, 0.2) is 11.6 Å². The van der Waals surface area contributed by atoms with Crippen LogP contribution in [0.2, 0.25) is 0 Å². The van der Waals surface area contributed by atoms with Gasteiger partial charge in [-0.1, -0.05) is 73.5 Å². The molecule has 0 aromatic heterocycles. The van der Waals surface area contributed by atoms with Crippen LogP contribution in [0.1, 0.15) is 126 Å². The minimum absolute atomic E-state index is 0.401. The van der Waals surface area contributed by atoms with Gasteiger partial charge in [0.2, 0.25) is 0 Å². The van der Waals surface area contributed by atoms with E-state index >= 15 is 0 Å². The average Bonchev–Trinajstić information content (AvgIpc) is 3.00. The third-order valence-electron chi connectivity index (χ3n) is 14.2. The lowest BCUT2D eigenvalue weighted by atomic mass is 9.39. The first-order chi connectivity index (χ1) is 15.6. The molecule has 5 rings (SSSR count). The van der Waals surface area contributed by atoms with Crippen molar-refractivity contribution in [3.63, 3.8) is 0 Å². The highest BCUT2D eigenvalue weighted by Gasteiger charge is 2.90. The van der Waals surface area contributed by atoms with E-state index in [0.29, 0.717) is 37.9 Å². The van der Waals surface area contributed by atoms with Gasteiger partial charge in [-0.3, -0.25) is 0 Å². The third-order valence-corrected chi connectivity index (χ3v) is 14.2. The van der Waals surface area contributed by atoms with E-state index in [2.05, 4.69) is 80.5 Å². The molecular formula is C33H57N. The minimum Gasteiger partial charge on any atom is -0.309 e. The second kappa shape index (κ2) is 7.39. The maximum Gasteiger partial charge on any atom is -0.00193 e. The lowest BCUT2D eigenvalue weighted by Gasteiger charge is -2.65. The number of rotatable bonds is 6. The number of allylic oxidation sites excluding steroid dienone is 2. The van der Waals surface area contributed by atoms with Crippen LogP contribution < -0.4 is 0 Å². The zero-order valence-corrected chi connectivity index (χ0v) is 24.7. The zero-order valence-electron chi connectivity index (χ0n) is 24.7. The molecule has 0 bridgehead atoms. The van der Waals surface area contributed by atoms with Gasteiger partial charge >= 0.3 is 0 Å². The summed E-state index contributed by atoms with van der Waals surface area (Å²) >= 11 is 0. The molecule has 1 heteroatoms. The minimum atomic E-state index is 0.401. The molecule has 1 nitrogen and oxygen atoms in total. The zero-order chi connectivity index (χ0) is 25.0. The van der Waals surface area contributed by atoms with E-state index in [0.717, 1.165) is 11.8 Å². The van der Waals surface area contributed by atoms with E-state index in [1.54, 1.807) is 0 Å². The Kier molecular flexibility index (Phi) is 5.51. The van der Waals surface area contributed by atoms with Gasteiger partial charge in [-0.05, 0) is 135 Å². The second-order valence-electron chi connectivity index (χ2n) is 16.4. The van der Waals surface area contributed by atoms with Crippen molar-refractivity contribution in [1.29, 1.82) is 0 Å². The molecule has 7 atom stereocenters. The standard InChI is InChI=1S/C33H57N/c1-24(2)11-13-30(7)31(8)18-17-29(6)28(5)16-20-32(21-22-34(9)10)19-15-27(3,4)23-26(32)25(28)12-14-33(29,30)31/h12,24,26H,11,13-23H2,1-10H3/t26?,28-,29?,30?,31?,32?,33?/m1/s1. The van der Waals surface area contributed by atoms with Crippen LogP contribution in [-0.4, -0.2) is 25.5 Å². The number of hydrogen-bond acceptors (Lipinski definition) is 1. The van der Waals surface area contributed by atoms with Crippen molar-refractivity contribution in [3.05, 3.63) is 11.6 Å². The van der Waals surface area contributed by atoms with Gasteiger partial charge in [-0.25, -0.2) is 0 Å². The highest BCUT2D eigenvalue weighted by atomic mass is 15.0. The van der Waals surface area contributed by atoms with Crippen LogP contribution >= 0.6 is 0 Å². The summed E-state index contributed by atoms with van der Waals surface area (Å²) in [6, 6.07) is 0.